The third-order valence-corrected chi connectivity index (χ3v) is 6.75. The number of anilines is 2. The zero-order chi connectivity index (χ0) is 22.3. The molecular formula is C27H27N3OS. The number of amides is 1. The van der Waals surface area contributed by atoms with Crippen molar-refractivity contribution in [2.45, 2.75) is 50.5 Å². The lowest BCUT2D eigenvalue weighted by molar-refractivity contribution is -0.117. The highest BCUT2D eigenvalue weighted by molar-refractivity contribution is 7.99. The molecule has 2 heterocycles. The van der Waals surface area contributed by atoms with E-state index in [2.05, 4.69) is 25.1 Å². The highest BCUT2D eigenvalue weighted by Gasteiger charge is 2.25. The van der Waals surface area contributed by atoms with Gasteiger partial charge in [0.2, 0.25) is 5.91 Å². The Kier molecular flexibility index (Phi) is 7.24. The number of benzene rings is 2. The largest absolute Gasteiger partial charge is 0.280 e. The van der Waals surface area contributed by atoms with Crippen molar-refractivity contribution in [2.75, 3.05) is 10.7 Å². The van der Waals surface area contributed by atoms with Crippen molar-refractivity contribution in [2.24, 2.45) is 0 Å². The lowest BCUT2D eigenvalue weighted by Gasteiger charge is -2.25. The van der Waals surface area contributed by atoms with Gasteiger partial charge in [-0.05, 0) is 61.1 Å². The highest BCUT2D eigenvalue weighted by Crippen LogP contribution is 2.36. The molecule has 5 heteroatoms. The second-order valence-electron chi connectivity index (χ2n) is 7.96. The number of thioether (sulfide) groups is 1. The minimum atomic E-state index is 0.0694. The van der Waals surface area contributed by atoms with Crippen molar-refractivity contribution in [3.05, 3.63) is 83.0 Å². The normalized spacial score (nSPS) is 12.4. The molecular weight excluding hydrogens is 414 g/mol. The molecule has 4 nitrogen and oxygen atoms in total. The standard InChI is InChI=1S/C27H27N3OS/c1-2-3-10-23-16-15-22(19-28)27(29-23)32-18-17-26(31)30-24-11-6-4-8-20(24)13-14-21-9-5-7-12-25(21)30/h4-9,11-12,15-16H,2-3,10,13-14,17-18H2,1H3. The van der Waals surface area contributed by atoms with E-state index in [1.165, 1.54) is 22.9 Å². The van der Waals surface area contributed by atoms with Crippen LogP contribution in [0.5, 0.6) is 0 Å². The van der Waals surface area contributed by atoms with Crippen molar-refractivity contribution in [3.63, 3.8) is 0 Å². The molecule has 0 fully saturated rings. The number of aryl methyl sites for hydroxylation is 3. The molecule has 1 aromatic heterocycles. The maximum atomic E-state index is 13.5. The molecule has 3 aromatic rings. The van der Waals surface area contributed by atoms with Gasteiger partial charge in [0.15, 0.2) is 0 Å². The molecule has 1 amide bonds. The number of nitrogens with zero attached hydrogens (tertiary/aromatic N) is 3. The first-order chi connectivity index (χ1) is 15.7. The maximum absolute atomic E-state index is 13.5. The van der Waals surface area contributed by atoms with Crippen LogP contribution in [0.4, 0.5) is 11.4 Å². The van der Waals surface area contributed by atoms with Crippen molar-refractivity contribution >= 4 is 29.0 Å². The molecule has 32 heavy (non-hydrogen) atoms. The second-order valence-corrected chi connectivity index (χ2v) is 9.04. The Morgan fingerprint density at radius 1 is 1.03 bits per heavy atom. The average molecular weight is 442 g/mol. The molecule has 0 unspecified atom stereocenters. The number of para-hydroxylation sites is 2. The number of pyridine rings is 1. The number of nitriles is 1. The van der Waals surface area contributed by atoms with E-state index >= 15 is 0 Å². The number of rotatable bonds is 7. The van der Waals surface area contributed by atoms with Crippen LogP contribution in [0.3, 0.4) is 0 Å². The molecule has 0 saturated carbocycles. The van der Waals surface area contributed by atoms with Crippen LogP contribution >= 0.6 is 11.8 Å². The SMILES string of the molecule is CCCCc1ccc(C#N)c(SCCC(=O)N2c3ccccc3CCc3ccccc32)n1. The minimum absolute atomic E-state index is 0.0694. The number of hydrogen-bond donors (Lipinski definition) is 0. The first-order valence-electron chi connectivity index (χ1n) is 11.2. The molecule has 162 valence electrons. The van der Waals surface area contributed by atoms with Gasteiger partial charge in [-0.3, -0.25) is 9.69 Å². The topological polar surface area (TPSA) is 57.0 Å². The van der Waals surface area contributed by atoms with Crippen LogP contribution in [-0.4, -0.2) is 16.6 Å². The summed E-state index contributed by atoms with van der Waals surface area (Å²) in [7, 11) is 0. The summed E-state index contributed by atoms with van der Waals surface area (Å²) in [5.41, 5.74) is 5.93. The molecule has 1 aliphatic heterocycles. The Morgan fingerprint density at radius 2 is 1.69 bits per heavy atom. The molecule has 0 spiro atoms. The van der Waals surface area contributed by atoms with Crippen LogP contribution in [0.2, 0.25) is 0 Å². The van der Waals surface area contributed by atoms with Crippen LogP contribution in [0.15, 0.2) is 65.7 Å². The van der Waals surface area contributed by atoms with Gasteiger partial charge in [-0.15, -0.1) is 11.8 Å². The van der Waals surface area contributed by atoms with E-state index in [1.807, 2.05) is 53.4 Å². The van der Waals surface area contributed by atoms with E-state index in [0.717, 1.165) is 54.2 Å². The van der Waals surface area contributed by atoms with E-state index < -0.39 is 0 Å². The third kappa shape index (κ3) is 4.87. The number of carbonyl (C=O) groups is 1. The number of aromatic nitrogens is 1. The summed E-state index contributed by atoms with van der Waals surface area (Å²) in [5, 5.41) is 10.2. The van der Waals surface area contributed by atoms with Crippen LogP contribution in [0.1, 0.15) is 48.6 Å². The molecule has 1 aliphatic rings. The van der Waals surface area contributed by atoms with Crippen LogP contribution in [0, 0.1) is 11.3 Å². The van der Waals surface area contributed by atoms with E-state index in [0.29, 0.717) is 17.7 Å². The van der Waals surface area contributed by atoms with Crippen LogP contribution in [-0.2, 0) is 24.1 Å². The number of unbranched alkanes of at least 4 members (excludes halogenated alkanes) is 1. The molecule has 0 bridgehead atoms. The molecule has 4 rings (SSSR count). The summed E-state index contributed by atoms with van der Waals surface area (Å²) in [6, 6.07) is 22.4. The second kappa shape index (κ2) is 10.5. The van der Waals surface area contributed by atoms with Crippen molar-refractivity contribution in [1.82, 2.24) is 4.98 Å². The lowest BCUT2D eigenvalue weighted by Crippen LogP contribution is -2.27. The molecule has 0 radical (unpaired) electrons. The molecule has 0 saturated heterocycles. The van der Waals surface area contributed by atoms with Gasteiger partial charge < -0.3 is 0 Å². The highest BCUT2D eigenvalue weighted by atomic mass is 32.2. The predicted molar refractivity (Wildman–Crippen MR) is 130 cm³/mol. The fourth-order valence-corrected chi connectivity index (χ4v) is 4.99. The first-order valence-corrected chi connectivity index (χ1v) is 12.2. The fraction of sp³-hybridized carbons (Fsp3) is 0.296. The summed E-state index contributed by atoms with van der Waals surface area (Å²) in [4.78, 5) is 20.0. The number of fused-ring (bicyclic) bond motifs is 2. The number of carbonyl (C=O) groups excluding carboxylic acids is 1. The van der Waals surface area contributed by atoms with Gasteiger partial charge in [0.1, 0.15) is 11.1 Å². The van der Waals surface area contributed by atoms with Crippen LogP contribution in [0.25, 0.3) is 0 Å². The van der Waals surface area contributed by atoms with Gasteiger partial charge in [-0.1, -0.05) is 49.7 Å². The van der Waals surface area contributed by atoms with E-state index in [-0.39, 0.29) is 5.91 Å². The Bertz CT molecular complexity index is 1100. The smallest absolute Gasteiger partial charge is 0.232 e. The molecule has 0 aliphatic carbocycles. The Balaban J connectivity index is 1.53. The molecule has 0 atom stereocenters. The Labute approximate surface area is 194 Å². The first kappa shape index (κ1) is 22.1. The monoisotopic (exact) mass is 441 g/mol. The zero-order valence-electron chi connectivity index (χ0n) is 18.4. The maximum Gasteiger partial charge on any atom is 0.232 e. The summed E-state index contributed by atoms with van der Waals surface area (Å²) in [5.74, 6) is 0.651. The van der Waals surface area contributed by atoms with E-state index in [4.69, 9.17) is 4.98 Å². The van der Waals surface area contributed by atoms with Gasteiger partial charge in [-0.2, -0.15) is 5.26 Å². The molecule has 2 aromatic carbocycles. The summed E-state index contributed by atoms with van der Waals surface area (Å²) < 4.78 is 0. The predicted octanol–water partition coefficient (Wildman–Crippen LogP) is 6.24. The van der Waals surface area contributed by atoms with Gasteiger partial charge in [0, 0.05) is 17.9 Å². The average Bonchev–Trinajstić information content (AvgIpc) is 3.00. The van der Waals surface area contributed by atoms with Crippen LogP contribution < -0.4 is 4.90 Å². The summed E-state index contributed by atoms with van der Waals surface area (Å²) in [6.45, 7) is 2.16. The van der Waals surface area contributed by atoms with Gasteiger partial charge in [-0.25, -0.2) is 4.98 Å². The quantitative estimate of drug-likeness (QED) is 0.407. The third-order valence-electron chi connectivity index (χ3n) is 5.76. The molecule has 0 N–H and O–H groups in total. The van der Waals surface area contributed by atoms with Crippen molar-refractivity contribution in [1.29, 1.82) is 5.26 Å². The zero-order valence-corrected chi connectivity index (χ0v) is 19.2. The van der Waals surface area contributed by atoms with Gasteiger partial charge in [0.05, 0.1) is 16.9 Å². The Morgan fingerprint density at radius 3 is 2.31 bits per heavy atom. The van der Waals surface area contributed by atoms with Crippen molar-refractivity contribution in [3.8, 4) is 6.07 Å². The minimum Gasteiger partial charge on any atom is -0.280 e. The van der Waals surface area contributed by atoms with E-state index in [1.54, 1.807) is 0 Å². The fourth-order valence-electron chi connectivity index (χ4n) is 4.07. The van der Waals surface area contributed by atoms with Crippen molar-refractivity contribution < 1.29 is 4.79 Å². The van der Waals surface area contributed by atoms with Gasteiger partial charge in [0.25, 0.3) is 0 Å². The Hall–Kier alpha value is -3.10. The van der Waals surface area contributed by atoms with E-state index in [9.17, 15) is 10.1 Å². The lowest BCUT2D eigenvalue weighted by atomic mass is 10.0. The van der Waals surface area contributed by atoms with Gasteiger partial charge >= 0.3 is 0 Å². The summed E-state index contributed by atoms with van der Waals surface area (Å²) >= 11 is 1.50. The summed E-state index contributed by atoms with van der Waals surface area (Å²) in [6.07, 6.45) is 5.32. The number of hydrogen-bond acceptors (Lipinski definition) is 4.